The first-order valence-corrected chi connectivity index (χ1v) is 8.57. The van der Waals surface area contributed by atoms with Crippen molar-refractivity contribution in [1.82, 2.24) is 9.13 Å². The lowest BCUT2D eigenvalue weighted by molar-refractivity contribution is -0.144. The molecular formula is C14H12F5N3O4S. The fraction of sp³-hybridized carbons (Fsp3) is 0.286. The van der Waals surface area contributed by atoms with Gasteiger partial charge in [0, 0.05) is 18.7 Å². The lowest BCUT2D eigenvalue weighted by atomic mass is 10.1. The summed E-state index contributed by atoms with van der Waals surface area (Å²) in [4.78, 5) is 23.3. The molecule has 148 valence electrons. The standard InChI is InChI=1S/C14H12F5N3O4S/c1-5-9(15)11(6(2)12(10(5)16)27(20,25)26)22-8(23)4-7(14(17,18)19)21(3)13(22)24/h4H,1-3H3,(H2,20,25,26). The van der Waals surface area contributed by atoms with Gasteiger partial charge in [0.2, 0.25) is 10.0 Å². The number of alkyl halides is 3. The molecule has 0 aliphatic carbocycles. The van der Waals surface area contributed by atoms with Crippen LogP contribution in [0.2, 0.25) is 0 Å². The molecule has 0 amide bonds. The van der Waals surface area contributed by atoms with Crippen molar-refractivity contribution >= 4 is 10.0 Å². The van der Waals surface area contributed by atoms with E-state index in [0.717, 1.165) is 13.8 Å². The van der Waals surface area contributed by atoms with Gasteiger partial charge in [0.15, 0.2) is 5.82 Å². The second kappa shape index (κ2) is 6.27. The summed E-state index contributed by atoms with van der Waals surface area (Å²) in [5.41, 5.74) is -7.41. The fourth-order valence-electron chi connectivity index (χ4n) is 2.59. The first-order chi connectivity index (χ1) is 12.1. The Morgan fingerprint density at radius 2 is 1.56 bits per heavy atom. The van der Waals surface area contributed by atoms with Crippen LogP contribution in [0.25, 0.3) is 5.69 Å². The zero-order valence-corrected chi connectivity index (χ0v) is 14.8. The summed E-state index contributed by atoms with van der Waals surface area (Å²) in [6.45, 7) is 1.69. The molecule has 2 rings (SSSR count). The van der Waals surface area contributed by atoms with Crippen LogP contribution in [0.1, 0.15) is 16.8 Å². The number of aromatic nitrogens is 2. The Labute approximate surface area is 148 Å². The maximum absolute atomic E-state index is 14.6. The van der Waals surface area contributed by atoms with Crippen molar-refractivity contribution in [2.75, 3.05) is 0 Å². The minimum absolute atomic E-state index is 0.0129. The molecule has 1 aromatic carbocycles. The van der Waals surface area contributed by atoms with Crippen LogP contribution in [-0.2, 0) is 23.2 Å². The molecule has 0 spiro atoms. The minimum Gasteiger partial charge on any atom is -0.292 e. The van der Waals surface area contributed by atoms with Crippen molar-refractivity contribution < 1.29 is 30.4 Å². The van der Waals surface area contributed by atoms with E-state index in [9.17, 15) is 40.0 Å². The SMILES string of the molecule is Cc1c(F)c(-n2c(=O)cc(C(F)(F)F)n(C)c2=O)c(C)c(S(N)(=O)=O)c1F. The Kier molecular flexibility index (Phi) is 4.82. The van der Waals surface area contributed by atoms with Crippen LogP contribution in [0.3, 0.4) is 0 Å². The summed E-state index contributed by atoms with van der Waals surface area (Å²) >= 11 is 0. The number of hydrogen-bond acceptors (Lipinski definition) is 4. The van der Waals surface area contributed by atoms with E-state index in [1.807, 2.05) is 0 Å². The quantitative estimate of drug-likeness (QED) is 0.745. The molecule has 2 N–H and O–H groups in total. The summed E-state index contributed by atoms with van der Waals surface area (Å²) in [5.74, 6) is -3.02. The molecule has 0 aliphatic rings. The van der Waals surface area contributed by atoms with Crippen LogP contribution in [-0.4, -0.2) is 17.6 Å². The molecule has 7 nitrogen and oxygen atoms in total. The molecule has 0 fully saturated rings. The van der Waals surface area contributed by atoms with Gasteiger partial charge in [-0.05, 0) is 19.4 Å². The maximum Gasteiger partial charge on any atom is 0.431 e. The number of hydrogen-bond donors (Lipinski definition) is 1. The third kappa shape index (κ3) is 3.27. The Bertz CT molecular complexity index is 1180. The molecule has 0 aliphatic heterocycles. The van der Waals surface area contributed by atoms with E-state index in [1.165, 1.54) is 0 Å². The monoisotopic (exact) mass is 413 g/mol. The Morgan fingerprint density at radius 1 is 1.04 bits per heavy atom. The van der Waals surface area contributed by atoms with Crippen molar-refractivity contribution in [1.29, 1.82) is 0 Å². The summed E-state index contributed by atoms with van der Waals surface area (Å²) in [6.07, 6.45) is -5.05. The van der Waals surface area contributed by atoms with E-state index >= 15 is 0 Å². The highest BCUT2D eigenvalue weighted by Gasteiger charge is 2.36. The Balaban J connectivity index is 3.11. The number of benzene rings is 1. The molecular weight excluding hydrogens is 401 g/mol. The molecule has 13 heteroatoms. The molecule has 0 saturated carbocycles. The van der Waals surface area contributed by atoms with E-state index in [-0.39, 0.29) is 15.2 Å². The normalized spacial score (nSPS) is 12.5. The van der Waals surface area contributed by atoms with Crippen molar-refractivity contribution in [2.45, 2.75) is 24.9 Å². The molecule has 1 heterocycles. The smallest absolute Gasteiger partial charge is 0.292 e. The van der Waals surface area contributed by atoms with Crippen LogP contribution in [0.15, 0.2) is 20.6 Å². The number of sulfonamides is 1. The summed E-state index contributed by atoms with van der Waals surface area (Å²) in [5, 5.41) is 4.90. The number of nitrogens with zero attached hydrogens (tertiary/aromatic N) is 2. The van der Waals surface area contributed by atoms with Gasteiger partial charge in [0.1, 0.15) is 16.4 Å². The predicted octanol–water partition coefficient (Wildman–Crippen LogP) is 1.10. The van der Waals surface area contributed by atoms with E-state index < -0.39 is 66.5 Å². The zero-order valence-electron chi connectivity index (χ0n) is 14.0. The van der Waals surface area contributed by atoms with Crippen LogP contribution >= 0.6 is 0 Å². The van der Waals surface area contributed by atoms with Gasteiger partial charge in [-0.15, -0.1) is 0 Å². The van der Waals surface area contributed by atoms with Gasteiger partial charge >= 0.3 is 11.9 Å². The van der Waals surface area contributed by atoms with E-state index in [0.29, 0.717) is 7.05 Å². The maximum atomic E-state index is 14.6. The molecule has 0 unspecified atom stereocenters. The highest BCUT2D eigenvalue weighted by atomic mass is 32.2. The van der Waals surface area contributed by atoms with E-state index in [4.69, 9.17) is 5.14 Å². The van der Waals surface area contributed by atoms with Crippen molar-refractivity contribution in [3.05, 3.63) is 55.4 Å². The minimum atomic E-state index is -5.05. The van der Waals surface area contributed by atoms with Gasteiger partial charge in [-0.3, -0.25) is 9.36 Å². The Hall–Kier alpha value is -2.54. The highest BCUT2D eigenvalue weighted by Crippen LogP contribution is 2.30. The molecule has 2 aromatic rings. The number of nitrogens with two attached hydrogens (primary N) is 1. The van der Waals surface area contributed by atoms with E-state index in [2.05, 4.69) is 0 Å². The van der Waals surface area contributed by atoms with Gasteiger partial charge < -0.3 is 0 Å². The summed E-state index contributed by atoms with van der Waals surface area (Å²) in [7, 11) is -4.06. The average molecular weight is 413 g/mol. The van der Waals surface area contributed by atoms with Gasteiger partial charge in [-0.25, -0.2) is 31.7 Å². The number of halogens is 5. The van der Waals surface area contributed by atoms with Crippen LogP contribution in [0, 0.1) is 25.5 Å². The van der Waals surface area contributed by atoms with Gasteiger partial charge in [-0.2, -0.15) is 13.2 Å². The van der Waals surface area contributed by atoms with Crippen molar-refractivity contribution in [3.8, 4) is 5.69 Å². The first-order valence-electron chi connectivity index (χ1n) is 7.02. The molecule has 27 heavy (non-hydrogen) atoms. The Morgan fingerprint density at radius 3 is 2.00 bits per heavy atom. The molecule has 0 bridgehead atoms. The number of rotatable bonds is 2. The third-order valence-corrected chi connectivity index (χ3v) is 4.93. The van der Waals surface area contributed by atoms with Crippen LogP contribution in [0.4, 0.5) is 22.0 Å². The van der Waals surface area contributed by atoms with Gasteiger partial charge in [0.05, 0.1) is 5.69 Å². The second-order valence-corrected chi connectivity index (χ2v) is 7.14. The van der Waals surface area contributed by atoms with Crippen molar-refractivity contribution in [3.63, 3.8) is 0 Å². The van der Waals surface area contributed by atoms with Crippen LogP contribution in [0.5, 0.6) is 0 Å². The largest absolute Gasteiger partial charge is 0.431 e. The van der Waals surface area contributed by atoms with Crippen molar-refractivity contribution in [2.24, 2.45) is 12.2 Å². The zero-order chi connectivity index (χ0) is 21.1. The molecule has 0 saturated heterocycles. The molecule has 0 atom stereocenters. The lowest BCUT2D eigenvalue weighted by Crippen LogP contribution is -2.41. The molecule has 1 aromatic heterocycles. The number of primary sulfonamides is 1. The van der Waals surface area contributed by atoms with Gasteiger partial charge in [-0.1, -0.05) is 0 Å². The summed E-state index contributed by atoms with van der Waals surface area (Å²) < 4.78 is 90.8. The topological polar surface area (TPSA) is 104 Å². The van der Waals surface area contributed by atoms with Gasteiger partial charge in [0.25, 0.3) is 5.56 Å². The summed E-state index contributed by atoms with van der Waals surface area (Å²) in [6, 6.07) is 0.0373. The average Bonchev–Trinajstić information content (AvgIpc) is 2.49. The third-order valence-electron chi connectivity index (χ3n) is 3.88. The van der Waals surface area contributed by atoms with E-state index in [1.54, 1.807) is 0 Å². The lowest BCUT2D eigenvalue weighted by Gasteiger charge is -2.18. The fourth-order valence-corrected chi connectivity index (χ4v) is 3.51. The first kappa shape index (κ1) is 20.8. The highest BCUT2D eigenvalue weighted by molar-refractivity contribution is 7.89. The van der Waals surface area contributed by atoms with Crippen LogP contribution < -0.4 is 16.4 Å². The second-order valence-electron chi connectivity index (χ2n) is 5.64. The molecule has 0 radical (unpaired) electrons. The predicted molar refractivity (Wildman–Crippen MR) is 83.0 cm³/mol.